The van der Waals surface area contributed by atoms with Crippen molar-refractivity contribution in [3.05, 3.63) is 73.6 Å². The summed E-state index contributed by atoms with van der Waals surface area (Å²) in [4.78, 5) is 60.9. The first-order valence-corrected chi connectivity index (χ1v) is 15.0. The Kier molecular flexibility index (Phi) is 8.45. The SMILES string of the molecule is O=C(C1=[N+]2CCN(C(=O)c3cc(Cc4c[nH]c(=O)c5cc(Cl)c(Cl)n45)ccc3F)CC2N(OC(=O)C(F)(F)F)N1)N1CCCCC1. The summed E-state index contributed by atoms with van der Waals surface area (Å²) in [6.45, 7) is 0.534. The standard InChI is InChI=1S/C28H25Cl2F4N7O5/c29-18-12-20-24(42)35-13-16(40(20)22(18)30)10-15-4-5-19(31)17(11-15)25(43)38-8-9-39-21(14-38)41(46-27(45)28(32,33)34)36-23(39)26(44)37-6-2-1-3-7-37/h4-5,11-13,21H,1-3,6-10,14H2,(H,35,42)/p+1. The molecule has 0 aliphatic carbocycles. The predicted octanol–water partition coefficient (Wildman–Crippen LogP) is 2.71. The number of amidine groups is 1. The maximum Gasteiger partial charge on any atom is 0.492 e. The number of halogens is 6. The number of rotatable bonds is 5. The van der Waals surface area contributed by atoms with E-state index in [-0.39, 0.29) is 53.1 Å². The van der Waals surface area contributed by atoms with Gasteiger partial charge in [-0.05, 0) is 43.0 Å². The number of piperidine rings is 1. The number of nitrogens with zero attached hydrogens (tertiary/aromatic N) is 5. The van der Waals surface area contributed by atoms with Crippen molar-refractivity contribution in [3.8, 4) is 0 Å². The lowest BCUT2D eigenvalue weighted by Gasteiger charge is -2.32. The maximum atomic E-state index is 15.1. The Bertz CT molecular complexity index is 1840. The first kappa shape index (κ1) is 31.8. The molecule has 3 aliphatic rings. The number of benzene rings is 1. The fourth-order valence-corrected chi connectivity index (χ4v) is 6.29. The molecule has 1 aromatic carbocycles. The molecular weight excluding hydrogens is 661 g/mol. The molecule has 244 valence electrons. The number of alkyl halides is 3. The molecule has 3 aliphatic heterocycles. The van der Waals surface area contributed by atoms with E-state index < -0.39 is 41.5 Å². The van der Waals surface area contributed by atoms with Crippen LogP contribution in [0.15, 0.2) is 35.3 Å². The quantitative estimate of drug-likeness (QED) is 0.313. The van der Waals surface area contributed by atoms with E-state index in [4.69, 9.17) is 23.2 Å². The highest BCUT2D eigenvalue weighted by Gasteiger charge is 2.53. The average molecular weight is 687 g/mol. The minimum Gasteiger partial charge on any atom is -0.332 e. The van der Waals surface area contributed by atoms with Gasteiger partial charge in [0, 0.05) is 31.4 Å². The summed E-state index contributed by atoms with van der Waals surface area (Å²) in [5, 5.41) is 0.764. The van der Waals surface area contributed by atoms with Crippen LogP contribution in [0.25, 0.3) is 5.52 Å². The van der Waals surface area contributed by atoms with Crippen molar-refractivity contribution >= 4 is 52.3 Å². The van der Waals surface area contributed by atoms with E-state index in [1.807, 2.05) is 0 Å². The number of carbonyl (C=O) groups is 3. The third-order valence-corrected chi connectivity index (χ3v) is 8.87. The Balaban J connectivity index is 1.26. The van der Waals surface area contributed by atoms with Crippen LogP contribution in [0.2, 0.25) is 10.2 Å². The largest absolute Gasteiger partial charge is 0.492 e. The number of fused-ring (bicyclic) bond motifs is 2. The van der Waals surface area contributed by atoms with Gasteiger partial charge in [-0.2, -0.15) is 18.6 Å². The lowest BCUT2D eigenvalue weighted by atomic mass is 10.0. The number of likely N-dealkylation sites (tertiary alicyclic amines) is 1. The van der Waals surface area contributed by atoms with Gasteiger partial charge in [0.25, 0.3) is 11.5 Å². The third kappa shape index (κ3) is 5.91. The lowest BCUT2D eigenvalue weighted by molar-refractivity contribution is -0.602. The molecule has 5 heterocycles. The number of H-pyrrole nitrogens is 1. The van der Waals surface area contributed by atoms with Gasteiger partial charge in [-0.3, -0.25) is 18.8 Å². The predicted molar refractivity (Wildman–Crippen MR) is 155 cm³/mol. The van der Waals surface area contributed by atoms with Crippen LogP contribution in [-0.4, -0.2) is 97.6 Å². The molecule has 18 heteroatoms. The summed E-state index contributed by atoms with van der Waals surface area (Å²) in [5.74, 6) is -4.70. The van der Waals surface area contributed by atoms with Gasteiger partial charge in [0.2, 0.25) is 6.17 Å². The summed E-state index contributed by atoms with van der Waals surface area (Å²) in [6.07, 6.45) is -2.54. The van der Waals surface area contributed by atoms with E-state index >= 15 is 4.39 Å². The number of carbonyl (C=O) groups excluding carboxylic acids is 3. The molecule has 12 nitrogen and oxygen atoms in total. The molecule has 2 fully saturated rings. The lowest BCUT2D eigenvalue weighted by Crippen LogP contribution is -2.56. The maximum absolute atomic E-state index is 15.1. The van der Waals surface area contributed by atoms with Crippen molar-refractivity contribution in [1.29, 1.82) is 0 Å². The number of hydrogen-bond donors (Lipinski definition) is 2. The number of hydrazine groups is 1. The van der Waals surface area contributed by atoms with Gasteiger partial charge in [-0.15, -0.1) is 0 Å². The smallest absolute Gasteiger partial charge is 0.332 e. The number of hydrogen-bond acceptors (Lipinski definition) is 7. The molecule has 1 unspecified atom stereocenters. The van der Waals surface area contributed by atoms with Crippen LogP contribution in [-0.2, 0) is 20.8 Å². The monoisotopic (exact) mass is 686 g/mol. The number of piperazine rings is 1. The highest BCUT2D eigenvalue weighted by molar-refractivity contribution is 6.42. The van der Waals surface area contributed by atoms with Crippen LogP contribution in [0, 0.1) is 5.82 Å². The van der Waals surface area contributed by atoms with Crippen molar-refractivity contribution in [1.82, 2.24) is 29.8 Å². The van der Waals surface area contributed by atoms with Gasteiger partial charge in [0.1, 0.15) is 23.0 Å². The molecular formula is C28H26Cl2F4N7O5+. The number of aromatic amines is 1. The minimum absolute atomic E-state index is 0.0173. The highest BCUT2D eigenvalue weighted by atomic mass is 35.5. The zero-order chi connectivity index (χ0) is 32.9. The molecule has 0 bridgehead atoms. The van der Waals surface area contributed by atoms with E-state index in [1.54, 1.807) is 4.90 Å². The van der Waals surface area contributed by atoms with Gasteiger partial charge in [-0.1, -0.05) is 29.3 Å². The Morgan fingerprint density at radius 2 is 1.76 bits per heavy atom. The topological polar surface area (TPSA) is 122 Å². The zero-order valence-corrected chi connectivity index (χ0v) is 25.4. The summed E-state index contributed by atoms with van der Waals surface area (Å²) in [7, 11) is 0. The number of aromatic nitrogens is 2. The molecule has 2 N–H and O–H groups in total. The molecule has 1 atom stereocenters. The van der Waals surface area contributed by atoms with E-state index in [0.717, 1.165) is 25.3 Å². The van der Waals surface area contributed by atoms with Crippen LogP contribution >= 0.6 is 23.2 Å². The fraction of sp³-hybridized carbons (Fsp3) is 0.393. The molecule has 2 saturated heterocycles. The van der Waals surface area contributed by atoms with Crippen LogP contribution in [0.4, 0.5) is 17.6 Å². The average Bonchev–Trinajstić information content (AvgIpc) is 3.55. The second-order valence-electron chi connectivity index (χ2n) is 11.0. The second kappa shape index (κ2) is 12.2. The van der Waals surface area contributed by atoms with Gasteiger partial charge in [0.05, 0.1) is 28.8 Å². The Morgan fingerprint density at radius 1 is 1.02 bits per heavy atom. The van der Waals surface area contributed by atoms with E-state index in [2.05, 4.69) is 15.2 Å². The summed E-state index contributed by atoms with van der Waals surface area (Å²) in [6, 6.07) is 5.28. The second-order valence-corrected chi connectivity index (χ2v) is 11.8. The zero-order valence-electron chi connectivity index (χ0n) is 23.9. The van der Waals surface area contributed by atoms with Gasteiger partial charge >= 0.3 is 23.9 Å². The third-order valence-electron chi connectivity index (χ3n) is 8.11. The Morgan fingerprint density at radius 3 is 2.48 bits per heavy atom. The molecule has 0 radical (unpaired) electrons. The summed E-state index contributed by atoms with van der Waals surface area (Å²) in [5.41, 5.74) is 2.90. The number of amides is 2. The first-order valence-electron chi connectivity index (χ1n) is 14.3. The van der Waals surface area contributed by atoms with Crippen molar-refractivity contribution in [2.75, 3.05) is 32.7 Å². The van der Waals surface area contributed by atoms with Crippen molar-refractivity contribution in [2.45, 2.75) is 38.0 Å². The van der Waals surface area contributed by atoms with Crippen LogP contribution < -0.4 is 11.0 Å². The van der Waals surface area contributed by atoms with Gasteiger partial charge in [-0.25, -0.2) is 13.8 Å². The molecule has 6 rings (SSSR count). The van der Waals surface area contributed by atoms with Crippen LogP contribution in [0.1, 0.15) is 40.9 Å². The van der Waals surface area contributed by atoms with E-state index in [1.165, 1.54) is 38.3 Å². The van der Waals surface area contributed by atoms with Gasteiger partial charge < -0.3 is 19.6 Å². The molecule has 46 heavy (non-hydrogen) atoms. The first-order chi connectivity index (χ1) is 21.8. The number of hydroxylamine groups is 1. The number of nitrogens with one attached hydrogen (secondary N) is 2. The molecule has 0 spiro atoms. The molecule has 3 aromatic rings. The summed E-state index contributed by atoms with van der Waals surface area (Å²) >= 11 is 12.4. The van der Waals surface area contributed by atoms with Crippen molar-refractivity contribution < 1.29 is 41.4 Å². The highest BCUT2D eigenvalue weighted by Crippen LogP contribution is 2.28. The van der Waals surface area contributed by atoms with E-state index in [9.17, 15) is 32.3 Å². The molecule has 0 saturated carbocycles. The van der Waals surface area contributed by atoms with E-state index in [0.29, 0.717) is 29.5 Å². The van der Waals surface area contributed by atoms with Gasteiger partial charge in [0.15, 0.2) is 0 Å². The van der Waals surface area contributed by atoms with Crippen LogP contribution in [0.3, 0.4) is 0 Å². The molecule has 2 amide bonds. The van der Waals surface area contributed by atoms with Crippen molar-refractivity contribution in [2.24, 2.45) is 0 Å². The fourth-order valence-electron chi connectivity index (χ4n) is 5.84. The summed E-state index contributed by atoms with van der Waals surface area (Å²) < 4.78 is 57.3. The molecule has 2 aromatic heterocycles. The van der Waals surface area contributed by atoms with Crippen molar-refractivity contribution in [3.63, 3.8) is 0 Å². The Labute approximate surface area is 267 Å². The minimum atomic E-state index is -5.33. The Hall–Kier alpha value is -4.15. The normalized spacial score (nSPS) is 19.0. The van der Waals surface area contributed by atoms with Crippen LogP contribution in [0.5, 0.6) is 0 Å².